The topological polar surface area (TPSA) is 138 Å². The van der Waals surface area contributed by atoms with Crippen molar-refractivity contribution in [2.45, 2.75) is 26.7 Å². The van der Waals surface area contributed by atoms with Crippen molar-refractivity contribution in [1.29, 1.82) is 0 Å². The number of aryl methyl sites for hydroxylation is 1. The van der Waals surface area contributed by atoms with Crippen molar-refractivity contribution in [2.24, 2.45) is 0 Å². The fourth-order valence-corrected chi connectivity index (χ4v) is 4.44. The van der Waals surface area contributed by atoms with Gasteiger partial charge in [0.25, 0.3) is 5.91 Å². The Hall–Kier alpha value is -5.37. The van der Waals surface area contributed by atoms with Gasteiger partial charge in [-0.25, -0.2) is 9.59 Å². The summed E-state index contributed by atoms with van der Waals surface area (Å²) in [5, 5.41) is 21.7. The number of hydrogen-bond donors (Lipinski definition) is 3. The summed E-state index contributed by atoms with van der Waals surface area (Å²) in [6, 6.07) is 22.6. The average Bonchev–Trinajstić information content (AvgIpc) is 2.97. The summed E-state index contributed by atoms with van der Waals surface area (Å²) in [5.41, 5.74) is 3.71. The van der Waals surface area contributed by atoms with Gasteiger partial charge in [0.1, 0.15) is 0 Å². The summed E-state index contributed by atoms with van der Waals surface area (Å²) < 4.78 is 0. The van der Waals surface area contributed by atoms with Crippen LogP contribution in [0.3, 0.4) is 0 Å². The second-order valence-electron chi connectivity index (χ2n) is 9.53. The Morgan fingerprint density at radius 1 is 0.659 bits per heavy atom. The Balaban J connectivity index is 1.49. The summed E-state index contributed by atoms with van der Waals surface area (Å²) in [7, 11) is 0. The Labute approximate surface area is 236 Å². The molecule has 0 aliphatic heterocycles. The lowest BCUT2D eigenvalue weighted by Crippen LogP contribution is -2.13. The highest BCUT2D eigenvalue weighted by Gasteiger charge is 2.18. The third-order valence-electron chi connectivity index (χ3n) is 6.61. The molecule has 1 amide bonds. The van der Waals surface area contributed by atoms with Crippen molar-refractivity contribution in [2.75, 3.05) is 5.32 Å². The van der Waals surface area contributed by atoms with Crippen molar-refractivity contribution in [3.05, 3.63) is 124 Å². The van der Waals surface area contributed by atoms with Crippen molar-refractivity contribution >= 4 is 35.1 Å². The first-order valence-electron chi connectivity index (χ1n) is 12.9. The number of rotatable bonds is 10. The van der Waals surface area contributed by atoms with Crippen LogP contribution in [-0.4, -0.2) is 39.6 Å². The molecule has 0 atom stereocenters. The molecule has 0 fully saturated rings. The van der Waals surface area contributed by atoms with E-state index in [0.717, 1.165) is 5.56 Å². The third-order valence-corrected chi connectivity index (χ3v) is 6.61. The van der Waals surface area contributed by atoms with Gasteiger partial charge in [0, 0.05) is 35.2 Å². The lowest BCUT2D eigenvalue weighted by atomic mass is 9.95. The van der Waals surface area contributed by atoms with Gasteiger partial charge in [0.05, 0.1) is 11.1 Å². The molecule has 0 saturated carbocycles. The first kappa shape index (κ1) is 28.6. The van der Waals surface area contributed by atoms with E-state index in [1.54, 1.807) is 80.6 Å². The number of carbonyl (C=O) groups excluding carboxylic acids is 3. The van der Waals surface area contributed by atoms with E-state index in [-0.39, 0.29) is 52.6 Å². The number of benzene rings is 4. The maximum atomic E-state index is 13.0. The van der Waals surface area contributed by atoms with Crippen LogP contribution in [0, 0.1) is 6.92 Å². The molecule has 0 unspecified atom stereocenters. The molecule has 3 N–H and O–H groups in total. The van der Waals surface area contributed by atoms with Crippen LogP contribution in [0.4, 0.5) is 5.69 Å². The number of hydrogen-bond acceptors (Lipinski definition) is 5. The Morgan fingerprint density at radius 2 is 1.27 bits per heavy atom. The molecule has 0 saturated heterocycles. The van der Waals surface area contributed by atoms with Gasteiger partial charge in [-0.2, -0.15) is 0 Å². The van der Waals surface area contributed by atoms with Crippen LogP contribution in [0.25, 0.3) is 11.1 Å². The highest BCUT2D eigenvalue weighted by molar-refractivity contribution is 6.08. The zero-order valence-corrected chi connectivity index (χ0v) is 22.4. The second-order valence-corrected chi connectivity index (χ2v) is 9.53. The maximum Gasteiger partial charge on any atom is 0.336 e. The molecule has 4 aromatic rings. The van der Waals surface area contributed by atoms with Gasteiger partial charge in [-0.05, 0) is 72.1 Å². The number of nitrogens with one attached hydrogen (secondary N) is 1. The molecule has 0 heterocycles. The molecule has 41 heavy (non-hydrogen) atoms. The van der Waals surface area contributed by atoms with Crippen LogP contribution in [-0.2, 0) is 6.42 Å². The third kappa shape index (κ3) is 6.62. The Morgan fingerprint density at radius 3 is 1.90 bits per heavy atom. The van der Waals surface area contributed by atoms with Gasteiger partial charge < -0.3 is 15.5 Å². The summed E-state index contributed by atoms with van der Waals surface area (Å²) in [5.74, 6) is -3.34. The normalized spacial score (nSPS) is 10.6. The summed E-state index contributed by atoms with van der Waals surface area (Å²) in [4.78, 5) is 61.2. The fourth-order valence-electron chi connectivity index (χ4n) is 4.44. The van der Waals surface area contributed by atoms with Gasteiger partial charge in [-0.15, -0.1) is 0 Å². The maximum absolute atomic E-state index is 13.0. The number of Topliss-reactive ketones (excluding diaryl/α,β-unsaturated/α-hetero) is 2. The summed E-state index contributed by atoms with van der Waals surface area (Å²) in [6.07, 6.45) is 0.164. The second kappa shape index (κ2) is 12.2. The van der Waals surface area contributed by atoms with Crippen LogP contribution in [0.5, 0.6) is 0 Å². The van der Waals surface area contributed by atoms with Crippen LogP contribution in [0.2, 0.25) is 0 Å². The van der Waals surface area contributed by atoms with Crippen LogP contribution < -0.4 is 5.32 Å². The molecule has 4 aromatic carbocycles. The van der Waals surface area contributed by atoms with E-state index in [9.17, 15) is 34.2 Å². The number of aromatic carboxylic acids is 2. The Bertz CT molecular complexity index is 1690. The standard InChI is InChI=1S/C33H27NO7/c1-3-29(35)28-18-22(10-14-26(28)33(40)41)21-5-4-6-23(17-21)31(37)34-24-11-8-20(9-12-24)16-30(36)27-15-19(2)7-13-25(27)32(38)39/h4-15,17-18H,3,16H2,1-2H3,(H,34,37)(H,38,39)(H,40,41). The van der Waals surface area contributed by atoms with Crippen LogP contribution in [0.1, 0.15) is 76.3 Å². The van der Waals surface area contributed by atoms with Gasteiger partial charge in [-0.1, -0.05) is 48.9 Å². The molecule has 8 nitrogen and oxygen atoms in total. The van der Waals surface area contributed by atoms with E-state index >= 15 is 0 Å². The highest BCUT2D eigenvalue weighted by atomic mass is 16.4. The predicted octanol–water partition coefficient (Wildman–Crippen LogP) is 6.33. The molecule has 0 aliphatic rings. The fraction of sp³-hybridized carbons (Fsp3) is 0.121. The predicted molar refractivity (Wildman–Crippen MR) is 154 cm³/mol. The largest absolute Gasteiger partial charge is 0.478 e. The zero-order valence-electron chi connectivity index (χ0n) is 22.4. The average molecular weight is 550 g/mol. The summed E-state index contributed by atoms with van der Waals surface area (Å²) >= 11 is 0. The number of carbonyl (C=O) groups is 5. The number of carboxylic acids is 2. The SMILES string of the molecule is CCC(=O)c1cc(-c2cccc(C(=O)Nc3ccc(CC(=O)c4cc(C)ccc4C(=O)O)cc3)c2)ccc1C(=O)O. The smallest absolute Gasteiger partial charge is 0.336 e. The van der Waals surface area contributed by atoms with Gasteiger partial charge in [0.15, 0.2) is 11.6 Å². The zero-order chi connectivity index (χ0) is 29.7. The first-order valence-corrected chi connectivity index (χ1v) is 12.9. The molecule has 206 valence electrons. The monoisotopic (exact) mass is 549 g/mol. The van der Waals surface area contributed by atoms with Crippen molar-refractivity contribution in [3.63, 3.8) is 0 Å². The quantitative estimate of drug-likeness (QED) is 0.197. The molecule has 0 radical (unpaired) electrons. The minimum Gasteiger partial charge on any atom is -0.478 e. The molecular formula is C33H27NO7. The number of carboxylic acid groups (broad SMARTS) is 2. The lowest BCUT2D eigenvalue weighted by molar-refractivity contribution is 0.0683. The van der Waals surface area contributed by atoms with Gasteiger partial charge >= 0.3 is 11.9 Å². The number of ketones is 2. The molecule has 8 heteroatoms. The van der Waals surface area contributed by atoms with Crippen molar-refractivity contribution < 1.29 is 34.2 Å². The summed E-state index contributed by atoms with van der Waals surface area (Å²) in [6.45, 7) is 3.45. The van der Waals surface area contributed by atoms with Crippen molar-refractivity contribution in [1.82, 2.24) is 0 Å². The van der Waals surface area contributed by atoms with Crippen molar-refractivity contribution in [3.8, 4) is 11.1 Å². The highest BCUT2D eigenvalue weighted by Crippen LogP contribution is 2.25. The molecule has 4 rings (SSSR count). The minimum atomic E-state index is -1.18. The van der Waals surface area contributed by atoms with E-state index in [4.69, 9.17) is 0 Å². The Kier molecular flexibility index (Phi) is 8.53. The van der Waals surface area contributed by atoms with Gasteiger partial charge in [-0.3, -0.25) is 14.4 Å². The minimum absolute atomic E-state index is 0.00317. The van der Waals surface area contributed by atoms with E-state index in [1.165, 1.54) is 18.2 Å². The molecule has 0 bridgehead atoms. The number of amides is 1. The van der Waals surface area contributed by atoms with E-state index in [2.05, 4.69) is 5.32 Å². The van der Waals surface area contributed by atoms with E-state index in [1.807, 2.05) is 0 Å². The van der Waals surface area contributed by atoms with Crippen LogP contribution >= 0.6 is 0 Å². The van der Waals surface area contributed by atoms with Gasteiger partial charge in [0.2, 0.25) is 0 Å². The van der Waals surface area contributed by atoms with E-state index < -0.39 is 11.9 Å². The lowest BCUT2D eigenvalue weighted by Gasteiger charge is -2.11. The first-order chi connectivity index (χ1) is 19.6. The van der Waals surface area contributed by atoms with E-state index in [0.29, 0.717) is 27.9 Å². The molecule has 0 aromatic heterocycles. The molecule has 0 spiro atoms. The molecular weight excluding hydrogens is 522 g/mol. The number of anilines is 1. The molecule has 0 aliphatic carbocycles. The van der Waals surface area contributed by atoms with Crippen LogP contribution in [0.15, 0.2) is 84.9 Å².